The van der Waals surface area contributed by atoms with Crippen LogP contribution in [0.5, 0.6) is 0 Å². The predicted octanol–water partition coefficient (Wildman–Crippen LogP) is 1.79. The molecule has 2 aromatic heterocycles. The van der Waals surface area contributed by atoms with E-state index in [-0.39, 0.29) is 5.91 Å². The fourth-order valence-corrected chi connectivity index (χ4v) is 2.90. The van der Waals surface area contributed by atoms with Gasteiger partial charge in [0.1, 0.15) is 4.88 Å². The van der Waals surface area contributed by atoms with Gasteiger partial charge in [0.25, 0.3) is 5.91 Å². The molecule has 1 amide bonds. The van der Waals surface area contributed by atoms with Crippen LogP contribution >= 0.6 is 22.7 Å². The van der Waals surface area contributed by atoms with E-state index in [9.17, 15) is 4.79 Å². The van der Waals surface area contributed by atoms with Crippen LogP contribution in [-0.2, 0) is 6.54 Å². The summed E-state index contributed by atoms with van der Waals surface area (Å²) in [5.74, 6) is 5.79. The number of nitrogens with two attached hydrogens (primary N) is 1. The van der Waals surface area contributed by atoms with Crippen molar-refractivity contribution in [2.75, 3.05) is 13.6 Å². The quantitative estimate of drug-likeness (QED) is 0.877. The molecule has 0 aliphatic heterocycles. The summed E-state index contributed by atoms with van der Waals surface area (Å²) in [6, 6.07) is 1.99. The van der Waals surface area contributed by atoms with E-state index in [1.54, 1.807) is 35.0 Å². The molecule has 0 fully saturated rings. The Morgan fingerprint density at radius 3 is 3.05 bits per heavy atom. The number of hydrogen-bond donors (Lipinski definition) is 1. The van der Waals surface area contributed by atoms with Crippen LogP contribution in [0.1, 0.15) is 20.1 Å². The number of hydrogen-bond acceptors (Lipinski definition) is 5. The Balaban J connectivity index is 2.01. The van der Waals surface area contributed by atoms with Gasteiger partial charge in [-0.3, -0.25) is 9.78 Å². The van der Waals surface area contributed by atoms with Crippen LogP contribution in [0.4, 0.5) is 0 Å². The maximum Gasteiger partial charge on any atom is 0.265 e. The van der Waals surface area contributed by atoms with E-state index >= 15 is 0 Å². The van der Waals surface area contributed by atoms with Crippen molar-refractivity contribution in [3.05, 3.63) is 38.5 Å². The zero-order valence-corrected chi connectivity index (χ0v) is 12.1. The van der Waals surface area contributed by atoms with Gasteiger partial charge in [-0.1, -0.05) is 11.8 Å². The maximum absolute atomic E-state index is 12.0. The monoisotopic (exact) mass is 291 g/mol. The van der Waals surface area contributed by atoms with Crippen molar-refractivity contribution in [3.63, 3.8) is 0 Å². The van der Waals surface area contributed by atoms with Crippen LogP contribution < -0.4 is 5.73 Å². The molecule has 0 aromatic carbocycles. The van der Waals surface area contributed by atoms with Crippen LogP contribution in [0.25, 0.3) is 0 Å². The Kier molecular flexibility index (Phi) is 4.68. The van der Waals surface area contributed by atoms with Gasteiger partial charge in [-0.15, -0.1) is 22.7 Å². The van der Waals surface area contributed by atoms with Crippen LogP contribution in [0.15, 0.2) is 23.2 Å². The smallest absolute Gasteiger partial charge is 0.265 e. The van der Waals surface area contributed by atoms with Gasteiger partial charge in [-0.2, -0.15) is 0 Å². The maximum atomic E-state index is 12.0. The van der Waals surface area contributed by atoms with Crippen molar-refractivity contribution in [1.29, 1.82) is 0 Å². The Labute approximate surface area is 119 Å². The molecule has 2 heterocycles. The van der Waals surface area contributed by atoms with Gasteiger partial charge in [0.15, 0.2) is 0 Å². The fraction of sp³-hybridized carbons (Fsp3) is 0.231. The zero-order valence-electron chi connectivity index (χ0n) is 10.4. The first-order valence-electron chi connectivity index (χ1n) is 5.61. The van der Waals surface area contributed by atoms with Crippen molar-refractivity contribution in [2.24, 2.45) is 5.73 Å². The van der Waals surface area contributed by atoms with Crippen molar-refractivity contribution >= 4 is 28.6 Å². The lowest BCUT2D eigenvalue weighted by Crippen LogP contribution is -2.25. The molecule has 98 valence electrons. The summed E-state index contributed by atoms with van der Waals surface area (Å²) in [6.07, 6.45) is 1.59. The molecule has 0 spiro atoms. The van der Waals surface area contributed by atoms with Crippen LogP contribution in [-0.4, -0.2) is 29.4 Å². The highest BCUT2D eigenvalue weighted by molar-refractivity contribution is 7.11. The van der Waals surface area contributed by atoms with Gasteiger partial charge in [0.05, 0.1) is 23.1 Å². The van der Waals surface area contributed by atoms with E-state index in [0.29, 0.717) is 18.0 Å². The first kappa shape index (κ1) is 13.7. The van der Waals surface area contributed by atoms with E-state index in [2.05, 4.69) is 16.8 Å². The average Bonchev–Trinajstić information content (AvgIpc) is 3.06. The van der Waals surface area contributed by atoms with Crippen molar-refractivity contribution in [1.82, 2.24) is 9.88 Å². The zero-order chi connectivity index (χ0) is 13.7. The topological polar surface area (TPSA) is 59.2 Å². The van der Waals surface area contributed by atoms with Gasteiger partial charge in [-0.25, -0.2) is 0 Å². The second-order valence-corrected chi connectivity index (χ2v) is 5.65. The van der Waals surface area contributed by atoms with E-state index in [1.807, 2.05) is 11.4 Å². The van der Waals surface area contributed by atoms with E-state index in [0.717, 1.165) is 10.4 Å². The molecule has 4 nitrogen and oxygen atoms in total. The standard InChI is InChI=1S/C13H13N3OS2/c1-16(13(17)12-6-15-9-19-12)7-10-5-11(18-8-10)3-2-4-14/h5-6,8-9H,4,7,14H2,1H3. The van der Waals surface area contributed by atoms with E-state index in [4.69, 9.17) is 5.73 Å². The summed E-state index contributed by atoms with van der Waals surface area (Å²) in [5, 5.41) is 2.01. The third kappa shape index (κ3) is 3.64. The van der Waals surface area contributed by atoms with Crippen molar-refractivity contribution in [2.45, 2.75) is 6.54 Å². The summed E-state index contributed by atoms with van der Waals surface area (Å²) in [5.41, 5.74) is 8.07. The lowest BCUT2D eigenvalue weighted by Gasteiger charge is -2.14. The molecule has 0 saturated carbocycles. The summed E-state index contributed by atoms with van der Waals surface area (Å²) in [6.45, 7) is 0.925. The normalized spacial score (nSPS) is 9.79. The molecular formula is C13H13N3OS2. The largest absolute Gasteiger partial charge is 0.337 e. The van der Waals surface area contributed by atoms with Crippen LogP contribution in [0, 0.1) is 11.8 Å². The van der Waals surface area contributed by atoms with Gasteiger partial charge in [-0.05, 0) is 17.0 Å². The Bertz CT molecular complexity index is 607. The van der Waals surface area contributed by atoms with Crippen LogP contribution in [0.3, 0.4) is 0 Å². The Morgan fingerprint density at radius 2 is 2.37 bits per heavy atom. The fourth-order valence-electron chi connectivity index (χ4n) is 1.52. The highest BCUT2D eigenvalue weighted by Crippen LogP contribution is 2.17. The highest BCUT2D eigenvalue weighted by atomic mass is 32.1. The van der Waals surface area contributed by atoms with Gasteiger partial charge in [0, 0.05) is 13.6 Å². The summed E-state index contributed by atoms with van der Waals surface area (Å²) < 4.78 is 0. The third-order valence-corrected chi connectivity index (χ3v) is 4.03. The molecule has 0 atom stereocenters. The number of amides is 1. The van der Waals surface area contributed by atoms with Crippen molar-refractivity contribution in [3.8, 4) is 11.8 Å². The van der Waals surface area contributed by atoms with E-state index in [1.165, 1.54) is 11.3 Å². The van der Waals surface area contributed by atoms with E-state index < -0.39 is 0 Å². The molecule has 2 aromatic rings. The van der Waals surface area contributed by atoms with Crippen LogP contribution in [0.2, 0.25) is 0 Å². The molecule has 2 rings (SSSR count). The Morgan fingerprint density at radius 1 is 1.53 bits per heavy atom. The lowest BCUT2D eigenvalue weighted by molar-refractivity contribution is 0.0790. The molecule has 0 saturated heterocycles. The summed E-state index contributed by atoms with van der Waals surface area (Å²) >= 11 is 2.91. The number of nitrogens with zero attached hydrogens (tertiary/aromatic N) is 2. The number of aromatic nitrogens is 1. The molecule has 2 N–H and O–H groups in total. The summed E-state index contributed by atoms with van der Waals surface area (Å²) in [7, 11) is 1.78. The second-order valence-electron chi connectivity index (χ2n) is 3.85. The number of rotatable bonds is 3. The minimum atomic E-state index is -0.0108. The second kappa shape index (κ2) is 6.48. The van der Waals surface area contributed by atoms with Gasteiger partial charge in [0.2, 0.25) is 0 Å². The first-order chi connectivity index (χ1) is 9.20. The lowest BCUT2D eigenvalue weighted by atomic mass is 10.3. The number of carbonyl (C=O) groups is 1. The highest BCUT2D eigenvalue weighted by Gasteiger charge is 2.13. The van der Waals surface area contributed by atoms with Gasteiger partial charge >= 0.3 is 0 Å². The number of thiophene rings is 1. The predicted molar refractivity (Wildman–Crippen MR) is 78.2 cm³/mol. The molecule has 6 heteroatoms. The minimum absolute atomic E-state index is 0.0108. The first-order valence-corrected chi connectivity index (χ1v) is 7.37. The molecular weight excluding hydrogens is 278 g/mol. The number of thiazole rings is 1. The minimum Gasteiger partial charge on any atom is -0.337 e. The average molecular weight is 291 g/mol. The summed E-state index contributed by atoms with van der Waals surface area (Å²) in [4.78, 5) is 19.3. The molecule has 0 aliphatic rings. The number of carbonyl (C=O) groups excluding carboxylic acids is 1. The van der Waals surface area contributed by atoms with Gasteiger partial charge < -0.3 is 10.6 Å². The molecule has 0 bridgehead atoms. The molecule has 19 heavy (non-hydrogen) atoms. The molecule has 0 aliphatic carbocycles. The third-order valence-electron chi connectivity index (χ3n) is 2.38. The molecule has 0 radical (unpaired) electrons. The van der Waals surface area contributed by atoms with Crippen molar-refractivity contribution < 1.29 is 4.79 Å². The molecule has 0 unspecified atom stereocenters. The Hall–Kier alpha value is -1.68. The SMILES string of the molecule is CN(Cc1csc(C#CCN)c1)C(=O)c1cncs1.